The molecule has 0 aromatic heterocycles. The first-order valence-corrected chi connectivity index (χ1v) is 39.8. The average molecular weight is 1570 g/mol. The van der Waals surface area contributed by atoms with Crippen molar-refractivity contribution in [3.63, 3.8) is 0 Å². The first-order chi connectivity index (χ1) is 51.6. The van der Waals surface area contributed by atoms with Gasteiger partial charge in [0.1, 0.15) is 53.9 Å². The van der Waals surface area contributed by atoms with Gasteiger partial charge >= 0.3 is 12.4 Å². The van der Waals surface area contributed by atoms with Crippen LogP contribution in [0.15, 0.2) is 12.2 Å². The minimum Gasteiger partial charge on any atom is -0.381 e. The van der Waals surface area contributed by atoms with E-state index in [0.29, 0.717) is 38.5 Å². The molecule has 6 fully saturated rings. The Hall–Kier alpha value is -7.12. The molecule has 3 unspecified atom stereocenters. The van der Waals surface area contributed by atoms with Gasteiger partial charge in [0.25, 0.3) is 0 Å². The van der Waals surface area contributed by atoms with Crippen LogP contribution < -0.4 is 16.0 Å². The van der Waals surface area contributed by atoms with E-state index in [4.69, 9.17) is 9.47 Å². The lowest BCUT2D eigenvalue weighted by molar-refractivity contribution is -0.215. The van der Waals surface area contributed by atoms with Crippen molar-refractivity contribution in [2.24, 2.45) is 40.9 Å². The molecule has 7 rings (SSSR count). The summed E-state index contributed by atoms with van der Waals surface area (Å²) < 4.78 is 97.1. The van der Waals surface area contributed by atoms with Crippen LogP contribution in [-0.4, -0.2) is 289 Å². The standard InChI is InChI=1S/C78H124F6N12O14/c1-16-36-88(8)69(103)58-41-62(98)91(11)55(18-3)66(100)86-64(47(5)17-2)72(106)90(10)44-63(99)92(12)56-27-21-20-24-37-95(71(56)105)59(38-48-28-32-51(33-29-48)77(79,80)81)70(104)89(9)43-61(97)85-54(35-31-49-30-34-53(78(82,83)84)60(39-49)109-15)68(102)96-42-52(110-19-4)40-57(96)67(101)87-76(45-75(6,7)46-76)74(108)94(14)65(73(107)93(58)13)50-25-22-23-26-50/h20-21,47-60,64-65H,16-19,22-46H2,1-15H3,(H,85,97)(H,86,100)(H,87,101)/b21-20-/t47-,48?,49?,51?,52+,53?,54-,55-,56-,57-,58-,59-,60?,64-,65-/m0/s1. The molecule has 622 valence electrons. The van der Waals surface area contributed by atoms with Crippen LogP contribution in [-0.2, 0) is 67.0 Å². The molecular weight excluding hydrogens is 1440 g/mol. The van der Waals surface area contributed by atoms with Crippen molar-refractivity contribution in [1.29, 1.82) is 0 Å². The quantitative estimate of drug-likeness (QED) is 0.112. The maximum Gasteiger partial charge on any atom is 0.394 e. The van der Waals surface area contributed by atoms with Crippen molar-refractivity contribution in [2.45, 2.75) is 275 Å². The first-order valence-electron chi connectivity index (χ1n) is 39.8. The van der Waals surface area contributed by atoms with Crippen molar-refractivity contribution < 1.29 is 93.4 Å². The molecule has 3 N–H and O–H groups in total. The number of carbonyl (C=O) groups excluding carboxylic acids is 12. The second kappa shape index (κ2) is 38.6. The molecule has 4 saturated carbocycles. The summed E-state index contributed by atoms with van der Waals surface area (Å²) in [6.45, 7) is 11.2. The SMILES string of the molecule is CCCN(C)C(=O)[C@@H]1CC(=O)N(C)[C@@H](CC)C(=O)N[C@@H]([C@@H](C)CC)C(=O)N(C)CC(=O)N(C)[C@H]2C/C=C\CCN(C2=O)[C@@H](CC2CCC(C(F)(F)F)CC2)C(=O)N(C)CC(=O)N[C@@H](CCC2CCC(C(F)(F)F)C(OC)C2)C(=O)N2C[C@H](OCC)C[C@H]2C(=O)NC2(CC(C)(C)C2)C(=O)N(C)[C@@H](C2CCCC2)C(=O)N1C. The molecule has 1 spiro atoms. The number of likely N-dealkylation sites (N-methyl/N-ethyl adjacent to an activating group) is 7. The van der Waals surface area contributed by atoms with Crippen LogP contribution >= 0.6 is 0 Å². The summed E-state index contributed by atoms with van der Waals surface area (Å²) in [5, 5.41) is 8.70. The summed E-state index contributed by atoms with van der Waals surface area (Å²) in [6, 6.07) is -10.9. The summed E-state index contributed by atoms with van der Waals surface area (Å²) in [7, 11) is 11.0. The molecule has 0 aromatic carbocycles. The van der Waals surface area contributed by atoms with Gasteiger partial charge in [0.2, 0.25) is 70.9 Å². The molecule has 0 radical (unpaired) electrons. The van der Waals surface area contributed by atoms with Crippen LogP contribution in [0.2, 0.25) is 0 Å². The maximum absolute atomic E-state index is 15.9. The minimum atomic E-state index is -4.57. The van der Waals surface area contributed by atoms with Crippen LogP contribution in [0.3, 0.4) is 0 Å². The van der Waals surface area contributed by atoms with Gasteiger partial charge < -0.3 is 69.5 Å². The van der Waals surface area contributed by atoms with E-state index in [-0.39, 0.29) is 129 Å². The Morgan fingerprint density at radius 1 is 0.664 bits per heavy atom. The molecule has 2 bridgehead atoms. The monoisotopic (exact) mass is 1570 g/mol. The van der Waals surface area contributed by atoms with Gasteiger partial charge in [0.15, 0.2) is 0 Å². The van der Waals surface area contributed by atoms with Crippen molar-refractivity contribution in [3.8, 4) is 0 Å². The van der Waals surface area contributed by atoms with Gasteiger partial charge in [-0.25, -0.2) is 0 Å². The molecular formula is C78H124F6N12O14. The van der Waals surface area contributed by atoms with Crippen LogP contribution in [0.4, 0.5) is 26.3 Å². The van der Waals surface area contributed by atoms with Gasteiger partial charge in [-0.05, 0) is 152 Å². The number of halogens is 6. The zero-order chi connectivity index (χ0) is 81.8. The largest absolute Gasteiger partial charge is 0.394 e. The zero-order valence-corrected chi connectivity index (χ0v) is 67.4. The second-order valence-corrected chi connectivity index (χ2v) is 33.3. The van der Waals surface area contributed by atoms with E-state index < -0.39 is 210 Å². The van der Waals surface area contributed by atoms with E-state index in [1.807, 2.05) is 20.8 Å². The lowest BCUT2D eigenvalue weighted by Gasteiger charge is -2.54. The first kappa shape index (κ1) is 90.1. The zero-order valence-electron chi connectivity index (χ0n) is 67.4. The van der Waals surface area contributed by atoms with Crippen molar-refractivity contribution in [1.82, 2.24) is 60.0 Å². The molecule has 12 amide bonds. The molecule has 3 aliphatic heterocycles. The van der Waals surface area contributed by atoms with E-state index in [9.17, 15) is 55.1 Å². The topological polar surface area (TPSA) is 289 Å². The fourth-order valence-corrected chi connectivity index (χ4v) is 18.3. The van der Waals surface area contributed by atoms with E-state index in [1.54, 1.807) is 46.9 Å². The third kappa shape index (κ3) is 21.8. The number of rotatable bonds is 15. The second-order valence-electron chi connectivity index (χ2n) is 33.3. The fraction of sp³-hybridized carbons (Fsp3) is 0.821. The van der Waals surface area contributed by atoms with E-state index >= 15 is 28.8 Å². The number of ether oxygens (including phenoxy) is 2. The van der Waals surface area contributed by atoms with Gasteiger partial charge in [0.05, 0.1) is 43.6 Å². The Morgan fingerprint density at radius 3 is 1.88 bits per heavy atom. The van der Waals surface area contributed by atoms with Gasteiger partial charge in [-0.1, -0.05) is 73.0 Å². The van der Waals surface area contributed by atoms with Crippen molar-refractivity contribution in [3.05, 3.63) is 12.2 Å². The van der Waals surface area contributed by atoms with Gasteiger partial charge in [-0.15, -0.1) is 0 Å². The predicted molar refractivity (Wildman–Crippen MR) is 396 cm³/mol. The molecule has 2 saturated heterocycles. The number of amides is 12. The van der Waals surface area contributed by atoms with E-state index in [1.165, 1.54) is 73.9 Å². The number of hydrogen-bond donors (Lipinski definition) is 3. The fourth-order valence-electron chi connectivity index (χ4n) is 18.3. The Bertz CT molecular complexity index is 3280. The van der Waals surface area contributed by atoms with Crippen molar-refractivity contribution >= 4 is 70.9 Å². The lowest BCUT2D eigenvalue weighted by atomic mass is 9.58. The number of hydrogen-bond acceptors (Lipinski definition) is 14. The van der Waals surface area contributed by atoms with Gasteiger partial charge in [-0.2, -0.15) is 26.3 Å². The Labute approximate surface area is 645 Å². The van der Waals surface area contributed by atoms with Gasteiger partial charge in [0, 0.05) is 89.1 Å². The number of nitrogens with zero attached hydrogens (tertiary/aromatic N) is 9. The number of methoxy groups -OCH3 is 1. The summed E-state index contributed by atoms with van der Waals surface area (Å²) in [4.78, 5) is 193. The Morgan fingerprint density at radius 2 is 1.30 bits per heavy atom. The highest BCUT2D eigenvalue weighted by molar-refractivity contribution is 6.01. The highest BCUT2D eigenvalue weighted by Crippen LogP contribution is 2.50. The molecule has 3 heterocycles. The normalized spacial score (nSPS) is 31.4. The van der Waals surface area contributed by atoms with Gasteiger partial charge in [-0.3, -0.25) is 57.5 Å². The Kier molecular flexibility index (Phi) is 31.6. The minimum absolute atomic E-state index is 0.0142. The smallest absolute Gasteiger partial charge is 0.381 e. The predicted octanol–water partition coefficient (Wildman–Crippen LogP) is 6.86. The van der Waals surface area contributed by atoms with E-state index in [2.05, 4.69) is 16.0 Å². The lowest BCUT2D eigenvalue weighted by Crippen LogP contribution is -2.71. The Balaban J connectivity index is 1.34. The van der Waals surface area contributed by atoms with Crippen LogP contribution in [0.25, 0.3) is 0 Å². The molecule has 32 heteroatoms. The number of nitrogens with one attached hydrogen (secondary N) is 3. The highest BCUT2D eigenvalue weighted by atomic mass is 19.4. The van der Waals surface area contributed by atoms with Crippen molar-refractivity contribution in [2.75, 3.05) is 95.8 Å². The number of alkyl halides is 6. The molecule has 0 aromatic rings. The van der Waals surface area contributed by atoms with E-state index in [0.717, 1.165) is 19.6 Å². The van der Waals surface area contributed by atoms with Crippen LogP contribution in [0.5, 0.6) is 0 Å². The summed E-state index contributed by atoms with van der Waals surface area (Å²) >= 11 is 0. The van der Waals surface area contributed by atoms with Crippen LogP contribution in [0, 0.1) is 40.9 Å². The number of fused-ring (bicyclic) bond motifs is 3. The molecule has 26 nitrogen and oxygen atoms in total. The molecule has 110 heavy (non-hydrogen) atoms. The molecule has 7 aliphatic rings. The summed E-state index contributed by atoms with van der Waals surface area (Å²) in [6.07, 6.45) is -5.74. The third-order valence-corrected chi connectivity index (χ3v) is 24.8. The summed E-state index contributed by atoms with van der Waals surface area (Å²) in [5.74, 6) is -14.2. The molecule has 13 atom stereocenters. The van der Waals surface area contributed by atoms with Crippen LogP contribution in [0.1, 0.15) is 196 Å². The maximum atomic E-state index is 15.9. The third-order valence-electron chi connectivity index (χ3n) is 24.8. The molecule has 4 aliphatic carbocycles. The highest BCUT2D eigenvalue weighted by Gasteiger charge is 2.60. The average Bonchev–Trinajstić information content (AvgIpc) is 1.58. The number of carbonyl (C=O) groups is 12. The summed E-state index contributed by atoms with van der Waals surface area (Å²) in [5.41, 5.74) is -2.26.